The molecular weight excluding hydrogens is 507 g/mol. The number of urea groups is 1. The highest BCUT2D eigenvalue weighted by molar-refractivity contribution is 6.10. The molecule has 0 radical (unpaired) electrons. The van der Waals surface area contributed by atoms with Gasteiger partial charge < -0.3 is 25.2 Å². The van der Waals surface area contributed by atoms with Gasteiger partial charge in [-0.2, -0.15) is 0 Å². The van der Waals surface area contributed by atoms with E-state index in [0.717, 1.165) is 25.9 Å². The number of amides is 5. The Balaban J connectivity index is 1.33. The number of carbonyl (C=O) groups excluding carboxylic acids is 4. The fraction of sp³-hybridized carbons (Fsp3) is 0.444. The summed E-state index contributed by atoms with van der Waals surface area (Å²) in [6.07, 6.45) is 4.88. The number of imide groups is 1. The number of methoxy groups -OCH3 is 1. The molecule has 1 aromatic rings. The van der Waals surface area contributed by atoms with E-state index in [1.807, 2.05) is 7.05 Å². The molecule has 12 heteroatoms. The van der Waals surface area contributed by atoms with Crippen LogP contribution in [0.1, 0.15) is 28.8 Å². The SMILES string of the molecule is COc1ccc2c(c1F)C(=O)N(CC1(C#CC3=CC(NC(=O)C4CCN(C)CC4)CN=C3)NC(=O)NC1=O)C2. The van der Waals surface area contributed by atoms with Crippen molar-refractivity contribution in [1.29, 1.82) is 0 Å². The first-order valence-corrected chi connectivity index (χ1v) is 12.7. The molecule has 0 aliphatic carbocycles. The van der Waals surface area contributed by atoms with Gasteiger partial charge in [-0.1, -0.05) is 17.9 Å². The number of nitrogens with one attached hydrogen (secondary N) is 3. The summed E-state index contributed by atoms with van der Waals surface area (Å²) in [5.74, 6) is 3.42. The van der Waals surface area contributed by atoms with E-state index < -0.39 is 29.2 Å². The summed E-state index contributed by atoms with van der Waals surface area (Å²) in [5, 5.41) is 7.71. The van der Waals surface area contributed by atoms with Crippen LogP contribution in [0.2, 0.25) is 0 Å². The van der Waals surface area contributed by atoms with Gasteiger partial charge in [-0.3, -0.25) is 24.7 Å². The summed E-state index contributed by atoms with van der Waals surface area (Å²) in [5.41, 5.74) is -0.993. The number of nitrogens with zero attached hydrogens (tertiary/aromatic N) is 3. The third-order valence-corrected chi connectivity index (χ3v) is 7.40. The maximum absolute atomic E-state index is 14.8. The molecule has 11 nitrogen and oxygen atoms in total. The highest BCUT2D eigenvalue weighted by Gasteiger charge is 2.49. The summed E-state index contributed by atoms with van der Waals surface area (Å²) in [7, 11) is 3.34. The van der Waals surface area contributed by atoms with Crippen molar-refractivity contribution in [3.8, 4) is 17.6 Å². The standard InChI is InChI=1S/C27H29FN6O5/c1-33-9-6-17(7-10-33)23(35)30-19-11-16(12-29-13-19)5-8-27(25(37)31-26(38)32-27)15-34-14-18-3-4-20(39-2)22(28)21(18)24(34)36/h3-4,11-12,17,19H,6-7,9-10,13-15H2,1-2H3,(H,30,35)(H2,31,32,37,38). The number of fused-ring (bicyclic) bond motifs is 1. The average molecular weight is 537 g/mol. The number of aliphatic imine (C=N–C) groups is 1. The lowest BCUT2D eigenvalue weighted by atomic mass is 9.95. The molecule has 3 N–H and O–H groups in total. The highest BCUT2D eigenvalue weighted by atomic mass is 19.1. The van der Waals surface area contributed by atoms with Gasteiger partial charge in [0, 0.05) is 24.3 Å². The summed E-state index contributed by atoms with van der Waals surface area (Å²) in [6, 6.07) is 1.91. The zero-order valence-electron chi connectivity index (χ0n) is 21.7. The lowest BCUT2D eigenvalue weighted by molar-refractivity contribution is -0.126. The van der Waals surface area contributed by atoms with Crippen molar-refractivity contribution >= 4 is 30.0 Å². The third kappa shape index (κ3) is 5.22. The third-order valence-electron chi connectivity index (χ3n) is 7.40. The molecule has 0 saturated carbocycles. The second-order valence-electron chi connectivity index (χ2n) is 10.1. The molecule has 204 valence electrons. The van der Waals surface area contributed by atoms with Gasteiger partial charge in [-0.15, -0.1) is 0 Å². The second kappa shape index (κ2) is 10.5. The number of carbonyl (C=O) groups is 4. The Morgan fingerprint density at radius 3 is 2.74 bits per heavy atom. The van der Waals surface area contributed by atoms with Crippen LogP contribution in [0.4, 0.5) is 9.18 Å². The van der Waals surface area contributed by atoms with E-state index in [4.69, 9.17) is 4.74 Å². The van der Waals surface area contributed by atoms with E-state index in [-0.39, 0.29) is 42.3 Å². The zero-order valence-corrected chi connectivity index (χ0v) is 21.7. The minimum Gasteiger partial charge on any atom is -0.494 e. The van der Waals surface area contributed by atoms with Crippen LogP contribution in [-0.4, -0.2) is 91.7 Å². The topological polar surface area (TPSA) is 132 Å². The fourth-order valence-corrected chi connectivity index (χ4v) is 5.19. The Hall–Kier alpha value is -4.24. The minimum atomic E-state index is -1.76. The predicted molar refractivity (Wildman–Crippen MR) is 138 cm³/mol. The average Bonchev–Trinajstić information content (AvgIpc) is 3.38. The zero-order chi connectivity index (χ0) is 27.7. The number of ether oxygens (including phenoxy) is 1. The van der Waals surface area contributed by atoms with E-state index in [0.29, 0.717) is 17.7 Å². The van der Waals surface area contributed by atoms with Gasteiger partial charge >= 0.3 is 6.03 Å². The first kappa shape index (κ1) is 26.4. The highest BCUT2D eigenvalue weighted by Crippen LogP contribution is 2.32. The number of allylic oxidation sites excluding steroid dienone is 1. The molecule has 5 amide bonds. The maximum atomic E-state index is 14.8. The van der Waals surface area contributed by atoms with Crippen LogP contribution in [0.5, 0.6) is 5.75 Å². The summed E-state index contributed by atoms with van der Waals surface area (Å²) >= 11 is 0. The van der Waals surface area contributed by atoms with Gasteiger partial charge in [0.25, 0.3) is 11.8 Å². The van der Waals surface area contributed by atoms with Crippen LogP contribution in [0.3, 0.4) is 0 Å². The van der Waals surface area contributed by atoms with Gasteiger partial charge in [0.1, 0.15) is 0 Å². The molecule has 4 aliphatic heterocycles. The molecule has 2 saturated heterocycles. The number of hydrogen-bond donors (Lipinski definition) is 3. The molecule has 39 heavy (non-hydrogen) atoms. The predicted octanol–water partition coefficient (Wildman–Crippen LogP) is 0.209. The van der Waals surface area contributed by atoms with Crippen LogP contribution in [0.15, 0.2) is 28.8 Å². The fourth-order valence-electron chi connectivity index (χ4n) is 5.19. The van der Waals surface area contributed by atoms with Crippen LogP contribution < -0.4 is 20.7 Å². The Morgan fingerprint density at radius 1 is 1.28 bits per heavy atom. The van der Waals surface area contributed by atoms with Crippen molar-refractivity contribution in [2.45, 2.75) is 31.0 Å². The summed E-state index contributed by atoms with van der Waals surface area (Å²) in [6.45, 7) is 1.84. The molecule has 2 atom stereocenters. The van der Waals surface area contributed by atoms with Gasteiger partial charge in [-0.25, -0.2) is 9.18 Å². The first-order valence-electron chi connectivity index (χ1n) is 12.7. The van der Waals surface area contributed by atoms with E-state index in [2.05, 4.69) is 37.7 Å². The number of piperidine rings is 1. The lowest BCUT2D eigenvalue weighted by Crippen LogP contribution is -2.54. The molecule has 0 aromatic heterocycles. The van der Waals surface area contributed by atoms with Crippen molar-refractivity contribution in [3.05, 3.63) is 40.7 Å². The molecule has 2 fully saturated rings. The van der Waals surface area contributed by atoms with Gasteiger partial charge in [0.15, 0.2) is 11.6 Å². The van der Waals surface area contributed by atoms with E-state index in [9.17, 15) is 23.6 Å². The van der Waals surface area contributed by atoms with Gasteiger partial charge in [0.2, 0.25) is 11.4 Å². The lowest BCUT2D eigenvalue weighted by Gasteiger charge is -2.29. The normalized spacial score (nSPS) is 24.9. The minimum absolute atomic E-state index is 0.0244. The van der Waals surface area contributed by atoms with Gasteiger partial charge in [-0.05, 0) is 50.7 Å². The van der Waals surface area contributed by atoms with E-state index in [1.54, 1.807) is 12.1 Å². The second-order valence-corrected chi connectivity index (χ2v) is 10.1. The van der Waals surface area contributed by atoms with Crippen LogP contribution >= 0.6 is 0 Å². The number of dihydropyridines is 1. The van der Waals surface area contributed by atoms with Crippen LogP contribution in [0, 0.1) is 23.6 Å². The summed E-state index contributed by atoms with van der Waals surface area (Å²) < 4.78 is 19.8. The molecular formula is C27H29FN6O5. The monoisotopic (exact) mass is 536 g/mol. The Morgan fingerprint density at radius 2 is 2.05 bits per heavy atom. The van der Waals surface area contributed by atoms with Gasteiger partial charge in [0.05, 0.1) is 31.8 Å². The summed E-state index contributed by atoms with van der Waals surface area (Å²) in [4.78, 5) is 58.5. The van der Waals surface area contributed by atoms with Crippen molar-refractivity contribution in [3.63, 3.8) is 0 Å². The number of halogens is 1. The van der Waals surface area contributed by atoms with Crippen molar-refractivity contribution in [2.24, 2.45) is 10.9 Å². The smallest absolute Gasteiger partial charge is 0.323 e. The molecule has 0 spiro atoms. The van der Waals surface area contributed by atoms with Crippen LogP contribution in [-0.2, 0) is 16.1 Å². The molecule has 5 rings (SSSR count). The van der Waals surface area contributed by atoms with E-state index in [1.165, 1.54) is 24.3 Å². The van der Waals surface area contributed by atoms with Crippen molar-refractivity contribution in [1.82, 2.24) is 25.8 Å². The number of rotatable bonds is 5. The number of benzene rings is 1. The Labute approximate surface area is 224 Å². The van der Waals surface area contributed by atoms with Crippen molar-refractivity contribution in [2.75, 3.05) is 40.3 Å². The molecule has 0 bridgehead atoms. The molecule has 4 aliphatic rings. The number of likely N-dealkylation sites (tertiary alicyclic amines) is 1. The Kier molecular flexibility index (Phi) is 7.10. The quantitative estimate of drug-likeness (QED) is 0.364. The van der Waals surface area contributed by atoms with Crippen molar-refractivity contribution < 1.29 is 28.3 Å². The van der Waals surface area contributed by atoms with E-state index >= 15 is 0 Å². The Bertz CT molecular complexity index is 1360. The molecule has 2 unspecified atom stereocenters. The first-order chi connectivity index (χ1) is 18.7. The molecule has 4 heterocycles. The van der Waals surface area contributed by atoms with Crippen LogP contribution in [0.25, 0.3) is 0 Å². The maximum Gasteiger partial charge on any atom is 0.323 e. The number of hydrogen-bond acceptors (Lipinski definition) is 7. The largest absolute Gasteiger partial charge is 0.494 e. The molecule has 1 aromatic carbocycles.